The molecule has 3 N–H and O–H groups in total. The van der Waals surface area contributed by atoms with Crippen molar-refractivity contribution in [1.29, 1.82) is 0 Å². The summed E-state index contributed by atoms with van der Waals surface area (Å²) in [5.41, 5.74) is 5.67. The summed E-state index contributed by atoms with van der Waals surface area (Å²) in [6, 6.07) is 14.2. The van der Waals surface area contributed by atoms with E-state index in [0.717, 1.165) is 90.4 Å². The fourth-order valence-electron chi connectivity index (χ4n) is 7.62. The van der Waals surface area contributed by atoms with Crippen molar-refractivity contribution in [2.45, 2.75) is 77.5 Å². The second-order valence-corrected chi connectivity index (χ2v) is 14.8. The van der Waals surface area contributed by atoms with Crippen molar-refractivity contribution in [3.8, 4) is 23.1 Å². The maximum atomic E-state index is 13.5. The van der Waals surface area contributed by atoms with Gasteiger partial charge in [0.2, 0.25) is 5.91 Å². The highest BCUT2D eigenvalue weighted by molar-refractivity contribution is 5.83. The number of nitrogens with zero attached hydrogens (tertiary/aromatic N) is 5. The highest BCUT2D eigenvalue weighted by atomic mass is 16.5. The Labute approximate surface area is 301 Å². The van der Waals surface area contributed by atoms with Gasteiger partial charge in [0.05, 0.1) is 48.2 Å². The van der Waals surface area contributed by atoms with E-state index in [0.29, 0.717) is 0 Å². The zero-order chi connectivity index (χ0) is 36.2. The predicted molar refractivity (Wildman–Crippen MR) is 200 cm³/mol. The predicted octanol–water partition coefficient (Wildman–Crippen LogP) is 6.12. The summed E-state index contributed by atoms with van der Waals surface area (Å²) in [5, 5.41) is 3.00. The van der Waals surface area contributed by atoms with E-state index in [-0.39, 0.29) is 41.9 Å². The Balaban J connectivity index is 1.11. The minimum absolute atomic E-state index is 0.0129. The first kappa shape index (κ1) is 36.1. The zero-order valence-electron chi connectivity index (χ0n) is 31.0. The van der Waals surface area contributed by atoms with Gasteiger partial charge >= 0.3 is 6.09 Å². The van der Waals surface area contributed by atoms with Crippen LogP contribution in [0.1, 0.15) is 88.2 Å². The molecular weight excluding hydrogens is 640 g/mol. The van der Waals surface area contributed by atoms with Gasteiger partial charge in [-0.1, -0.05) is 51.7 Å². The van der Waals surface area contributed by atoms with Crippen molar-refractivity contribution in [3.63, 3.8) is 0 Å². The molecule has 0 saturated carbocycles. The van der Waals surface area contributed by atoms with E-state index in [9.17, 15) is 9.59 Å². The van der Waals surface area contributed by atoms with Crippen molar-refractivity contribution >= 4 is 23.0 Å². The van der Waals surface area contributed by atoms with Gasteiger partial charge in [-0.15, -0.1) is 0 Å². The number of likely N-dealkylation sites (N-methyl/N-ethyl adjacent to an activating group) is 1. The number of fused-ring (bicyclic) bond motifs is 1. The highest BCUT2D eigenvalue weighted by Crippen LogP contribution is 2.34. The van der Waals surface area contributed by atoms with Crippen LogP contribution in [0.15, 0.2) is 48.7 Å². The van der Waals surface area contributed by atoms with Crippen molar-refractivity contribution in [2.24, 2.45) is 11.8 Å². The number of hydrogen-bond donors (Lipinski definition) is 3. The van der Waals surface area contributed by atoms with Gasteiger partial charge < -0.3 is 24.9 Å². The van der Waals surface area contributed by atoms with E-state index in [2.05, 4.69) is 77.9 Å². The molecule has 2 fully saturated rings. The first-order chi connectivity index (χ1) is 24.5. The summed E-state index contributed by atoms with van der Waals surface area (Å²) in [6.07, 6.45) is 5.44. The average molecular weight is 693 g/mol. The third kappa shape index (κ3) is 8.13. The van der Waals surface area contributed by atoms with E-state index < -0.39 is 6.09 Å². The van der Waals surface area contributed by atoms with Gasteiger partial charge in [-0.25, -0.2) is 14.8 Å². The minimum atomic E-state index is -0.397. The maximum Gasteiger partial charge on any atom is 0.407 e. The third-order valence-corrected chi connectivity index (χ3v) is 10.3. The van der Waals surface area contributed by atoms with Gasteiger partial charge in [0.15, 0.2) is 0 Å². The smallest absolute Gasteiger partial charge is 0.407 e. The SMILES string of the molecule is COC(=O)NC(CN1CCCC1c1nc2ccc(C#Cc3ccc(-c4cnc(C5CCCN5C(=O)C(C(C)C)N(C)C)[nH]4)cc3)cc2[nH]1)C(C)C. The lowest BCUT2D eigenvalue weighted by Gasteiger charge is -2.33. The molecule has 6 rings (SSSR count). The number of methoxy groups -OCH3 is 1. The molecule has 0 bridgehead atoms. The van der Waals surface area contributed by atoms with Gasteiger partial charge in [-0.05, 0) is 94.1 Å². The quantitative estimate of drug-likeness (QED) is 0.171. The Morgan fingerprint density at radius 1 is 0.941 bits per heavy atom. The second-order valence-electron chi connectivity index (χ2n) is 14.8. The lowest BCUT2D eigenvalue weighted by Crippen LogP contribution is -2.48. The molecule has 0 spiro atoms. The summed E-state index contributed by atoms with van der Waals surface area (Å²) in [5.74, 6) is 9.10. The molecule has 270 valence electrons. The molecule has 2 amide bonds. The van der Waals surface area contributed by atoms with E-state index >= 15 is 0 Å². The van der Waals surface area contributed by atoms with Gasteiger partial charge in [-0.2, -0.15) is 0 Å². The minimum Gasteiger partial charge on any atom is -0.453 e. The van der Waals surface area contributed by atoms with Crippen LogP contribution in [-0.4, -0.2) is 99.6 Å². The molecule has 2 aliphatic heterocycles. The van der Waals surface area contributed by atoms with Crippen LogP contribution in [0, 0.1) is 23.7 Å². The lowest BCUT2D eigenvalue weighted by atomic mass is 10.0. The number of alkyl carbamates (subject to hydrolysis) is 1. The normalized spacial score (nSPS) is 19.1. The number of H-pyrrole nitrogens is 2. The maximum absolute atomic E-state index is 13.5. The number of carbonyl (C=O) groups is 2. The molecule has 4 unspecified atom stereocenters. The monoisotopic (exact) mass is 692 g/mol. The van der Waals surface area contributed by atoms with Crippen molar-refractivity contribution in [1.82, 2.24) is 40.0 Å². The molecule has 4 atom stereocenters. The Kier molecular flexibility index (Phi) is 11.1. The number of rotatable bonds is 10. The number of aromatic nitrogens is 4. The first-order valence-corrected chi connectivity index (χ1v) is 18.2. The Bertz CT molecular complexity index is 1870. The number of likely N-dealkylation sites (tertiary alicyclic amines) is 2. The molecule has 4 aromatic rings. The summed E-state index contributed by atoms with van der Waals surface area (Å²) >= 11 is 0. The van der Waals surface area contributed by atoms with E-state index in [1.165, 1.54) is 7.11 Å². The molecule has 4 heterocycles. The molecule has 11 nitrogen and oxygen atoms in total. The van der Waals surface area contributed by atoms with Crippen LogP contribution in [0.2, 0.25) is 0 Å². The Morgan fingerprint density at radius 2 is 1.65 bits per heavy atom. The van der Waals surface area contributed by atoms with Gasteiger partial charge in [-0.3, -0.25) is 14.6 Å². The Hall–Kier alpha value is -4.66. The Morgan fingerprint density at radius 3 is 2.35 bits per heavy atom. The van der Waals surface area contributed by atoms with Crippen molar-refractivity contribution in [2.75, 3.05) is 40.8 Å². The molecule has 2 aromatic carbocycles. The number of imidazole rings is 2. The third-order valence-electron chi connectivity index (χ3n) is 10.3. The van der Waals surface area contributed by atoms with Gasteiger partial charge in [0, 0.05) is 30.3 Å². The van der Waals surface area contributed by atoms with Crippen LogP contribution >= 0.6 is 0 Å². The fraction of sp³-hybridized carbons (Fsp3) is 0.500. The number of hydrogen-bond acceptors (Lipinski definition) is 7. The largest absolute Gasteiger partial charge is 0.453 e. The lowest BCUT2D eigenvalue weighted by molar-refractivity contribution is -0.138. The van der Waals surface area contributed by atoms with E-state index in [1.54, 1.807) is 0 Å². The van der Waals surface area contributed by atoms with E-state index in [4.69, 9.17) is 14.7 Å². The van der Waals surface area contributed by atoms with Crippen molar-refractivity contribution in [3.05, 3.63) is 71.4 Å². The number of amides is 2. The van der Waals surface area contributed by atoms with Crippen molar-refractivity contribution < 1.29 is 14.3 Å². The van der Waals surface area contributed by atoms with E-state index in [1.807, 2.05) is 54.4 Å². The average Bonchev–Trinajstić information content (AvgIpc) is 3.93. The molecule has 2 aliphatic rings. The molecule has 2 aromatic heterocycles. The standard InChI is InChI=1S/C40H52N8O3/c1-25(2)33(45-40(50)51-7)24-47-20-8-10-34(47)38-42-30-19-16-28(22-31(30)43-38)13-12-27-14-17-29(18-15-27)32-23-41-37(44-32)35-11-9-21-48(35)39(49)36(26(3)4)46(5)6/h14-19,22-23,25-26,33-36H,8-11,20-21,24H2,1-7H3,(H,41,44)(H,42,43)(H,45,50). The van der Waals surface area contributed by atoms with Crippen LogP contribution in [-0.2, 0) is 9.53 Å². The molecule has 51 heavy (non-hydrogen) atoms. The number of carbonyl (C=O) groups excluding carboxylic acids is 2. The molecule has 2 saturated heterocycles. The second kappa shape index (κ2) is 15.7. The fourth-order valence-corrected chi connectivity index (χ4v) is 7.62. The number of aromatic amines is 2. The van der Waals surface area contributed by atoms with Crippen LogP contribution in [0.3, 0.4) is 0 Å². The number of nitrogens with one attached hydrogen (secondary N) is 3. The summed E-state index contributed by atoms with van der Waals surface area (Å²) in [4.78, 5) is 48.6. The number of ether oxygens (including phenoxy) is 1. The summed E-state index contributed by atoms with van der Waals surface area (Å²) in [7, 11) is 5.35. The van der Waals surface area contributed by atoms with Crippen LogP contribution in [0.25, 0.3) is 22.3 Å². The van der Waals surface area contributed by atoms with Crippen LogP contribution < -0.4 is 5.32 Å². The number of benzene rings is 2. The first-order valence-electron chi connectivity index (χ1n) is 18.2. The molecule has 0 radical (unpaired) electrons. The van der Waals surface area contributed by atoms with Crippen LogP contribution in [0.5, 0.6) is 0 Å². The topological polar surface area (TPSA) is 122 Å². The summed E-state index contributed by atoms with van der Waals surface area (Å²) < 4.78 is 4.86. The van der Waals surface area contributed by atoms with Gasteiger partial charge in [0.1, 0.15) is 11.6 Å². The molecule has 0 aliphatic carbocycles. The van der Waals surface area contributed by atoms with Gasteiger partial charge in [0.25, 0.3) is 0 Å². The molecule has 11 heteroatoms. The molecular formula is C40H52N8O3. The van der Waals surface area contributed by atoms with Crippen LogP contribution in [0.4, 0.5) is 4.79 Å². The summed E-state index contributed by atoms with van der Waals surface area (Å²) in [6.45, 7) is 10.9. The highest BCUT2D eigenvalue weighted by Gasteiger charge is 2.37. The zero-order valence-corrected chi connectivity index (χ0v) is 31.0.